The maximum atomic E-state index is 12.1. The zero-order chi connectivity index (χ0) is 16.6. The van der Waals surface area contributed by atoms with E-state index in [2.05, 4.69) is 26.3 Å². The predicted octanol–water partition coefficient (Wildman–Crippen LogP) is 2.10. The van der Waals surface area contributed by atoms with Crippen LogP contribution in [0.3, 0.4) is 0 Å². The second-order valence-corrected chi connectivity index (χ2v) is 7.35. The van der Waals surface area contributed by atoms with Crippen LogP contribution >= 0.6 is 0 Å². The van der Waals surface area contributed by atoms with Gasteiger partial charge in [-0.3, -0.25) is 4.79 Å². The lowest BCUT2D eigenvalue weighted by atomic mass is 9.94. The Morgan fingerprint density at radius 1 is 1.26 bits per heavy atom. The summed E-state index contributed by atoms with van der Waals surface area (Å²) in [5.41, 5.74) is 0.623. The fourth-order valence-electron chi connectivity index (χ4n) is 2.95. The zero-order valence-electron chi connectivity index (χ0n) is 14.3. The molecule has 0 saturated carbocycles. The number of amides is 1. The number of hydrogen-bond donors (Lipinski definition) is 1. The molecule has 0 radical (unpaired) electrons. The smallest absolute Gasteiger partial charge is 0.225 e. The zero-order valence-corrected chi connectivity index (χ0v) is 14.3. The van der Waals surface area contributed by atoms with Gasteiger partial charge in [-0.05, 0) is 18.9 Å². The molecular weight excluding hydrogens is 290 g/mol. The Hall–Kier alpha value is -2.11. The standard InChI is InChI=1S/C17H25N5O/c1-17(2,3)16(23)20-12-5-9-22(10-6-12)15-13-7-8-21(4)14(13)18-11-19-15/h7-8,11-12H,5-6,9-10H2,1-4H3,(H,20,23). The molecule has 0 aromatic carbocycles. The molecule has 124 valence electrons. The van der Waals surface area contributed by atoms with Crippen LogP contribution in [-0.2, 0) is 11.8 Å². The van der Waals surface area contributed by atoms with Gasteiger partial charge in [-0.2, -0.15) is 0 Å². The molecule has 1 fully saturated rings. The highest BCUT2D eigenvalue weighted by Gasteiger charge is 2.27. The van der Waals surface area contributed by atoms with E-state index in [1.165, 1.54) is 0 Å². The third-order valence-electron chi connectivity index (χ3n) is 4.45. The fourth-order valence-corrected chi connectivity index (χ4v) is 2.95. The topological polar surface area (TPSA) is 63.0 Å². The second kappa shape index (κ2) is 5.83. The van der Waals surface area contributed by atoms with E-state index in [1.54, 1.807) is 6.33 Å². The molecule has 2 aromatic rings. The van der Waals surface area contributed by atoms with Gasteiger partial charge in [-0.25, -0.2) is 9.97 Å². The van der Waals surface area contributed by atoms with Gasteiger partial charge < -0.3 is 14.8 Å². The van der Waals surface area contributed by atoms with Gasteiger partial charge in [0.2, 0.25) is 5.91 Å². The quantitative estimate of drug-likeness (QED) is 0.922. The molecule has 6 heteroatoms. The van der Waals surface area contributed by atoms with Gasteiger partial charge in [0.1, 0.15) is 17.8 Å². The molecule has 6 nitrogen and oxygen atoms in total. The number of nitrogens with one attached hydrogen (secondary N) is 1. The van der Waals surface area contributed by atoms with Crippen molar-refractivity contribution in [2.24, 2.45) is 12.5 Å². The highest BCUT2D eigenvalue weighted by atomic mass is 16.2. The number of nitrogens with zero attached hydrogens (tertiary/aromatic N) is 4. The van der Waals surface area contributed by atoms with Gasteiger partial charge in [-0.1, -0.05) is 20.8 Å². The van der Waals surface area contributed by atoms with E-state index in [9.17, 15) is 4.79 Å². The molecule has 2 aromatic heterocycles. The lowest BCUT2D eigenvalue weighted by Crippen LogP contribution is -2.48. The monoisotopic (exact) mass is 315 g/mol. The fraction of sp³-hybridized carbons (Fsp3) is 0.588. The molecule has 23 heavy (non-hydrogen) atoms. The van der Waals surface area contributed by atoms with Gasteiger partial charge in [0.05, 0.1) is 5.39 Å². The number of piperidine rings is 1. The molecule has 3 heterocycles. The molecule has 0 aliphatic carbocycles. The number of carbonyl (C=O) groups excluding carboxylic acids is 1. The van der Waals surface area contributed by atoms with E-state index in [0.29, 0.717) is 0 Å². The van der Waals surface area contributed by atoms with Gasteiger partial charge >= 0.3 is 0 Å². The van der Waals surface area contributed by atoms with E-state index in [4.69, 9.17) is 0 Å². The van der Waals surface area contributed by atoms with E-state index in [1.807, 2.05) is 38.6 Å². The number of aryl methyl sites for hydroxylation is 1. The van der Waals surface area contributed by atoms with Crippen molar-refractivity contribution in [2.75, 3.05) is 18.0 Å². The summed E-state index contributed by atoms with van der Waals surface area (Å²) in [5, 5.41) is 4.26. The Labute approximate surface area is 136 Å². The Morgan fingerprint density at radius 3 is 2.61 bits per heavy atom. The van der Waals surface area contributed by atoms with Crippen molar-refractivity contribution >= 4 is 22.8 Å². The Kier molecular flexibility index (Phi) is 4.00. The first kappa shape index (κ1) is 15.8. The second-order valence-electron chi connectivity index (χ2n) is 7.35. The summed E-state index contributed by atoms with van der Waals surface area (Å²) < 4.78 is 2.01. The predicted molar refractivity (Wildman–Crippen MR) is 91.3 cm³/mol. The average molecular weight is 315 g/mol. The number of anilines is 1. The lowest BCUT2D eigenvalue weighted by Gasteiger charge is -2.34. The summed E-state index contributed by atoms with van der Waals surface area (Å²) in [6.07, 6.45) is 5.53. The van der Waals surface area contributed by atoms with Gasteiger partial charge in [0.25, 0.3) is 0 Å². The molecule has 3 rings (SSSR count). The van der Waals surface area contributed by atoms with Crippen molar-refractivity contribution in [3.05, 3.63) is 18.6 Å². The molecule has 1 amide bonds. The first-order valence-electron chi connectivity index (χ1n) is 8.18. The first-order chi connectivity index (χ1) is 10.9. The van der Waals surface area contributed by atoms with E-state index >= 15 is 0 Å². The van der Waals surface area contributed by atoms with Gasteiger partial charge in [0, 0.05) is 37.8 Å². The van der Waals surface area contributed by atoms with Gasteiger partial charge in [0.15, 0.2) is 0 Å². The van der Waals surface area contributed by atoms with Crippen LogP contribution in [0.4, 0.5) is 5.82 Å². The SMILES string of the molecule is Cn1ccc2c(N3CCC(NC(=O)C(C)(C)C)CC3)ncnc21. The summed E-state index contributed by atoms with van der Waals surface area (Å²) in [5.74, 6) is 1.12. The number of aromatic nitrogens is 3. The van der Waals surface area contributed by atoms with Crippen molar-refractivity contribution < 1.29 is 4.79 Å². The molecular formula is C17H25N5O. The maximum Gasteiger partial charge on any atom is 0.225 e. The molecule has 1 N–H and O–H groups in total. The highest BCUT2D eigenvalue weighted by molar-refractivity contribution is 5.88. The van der Waals surface area contributed by atoms with Crippen LogP contribution in [0.1, 0.15) is 33.6 Å². The van der Waals surface area contributed by atoms with Crippen LogP contribution in [0.15, 0.2) is 18.6 Å². The molecule has 0 atom stereocenters. The van der Waals surface area contributed by atoms with Crippen molar-refractivity contribution in [1.82, 2.24) is 19.9 Å². The Morgan fingerprint density at radius 2 is 1.96 bits per heavy atom. The van der Waals surface area contributed by atoms with E-state index in [0.717, 1.165) is 42.8 Å². The van der Waals surface area contributed by atoms with E-state index in [-0.39, 0.29) is 17.4 Å². The number of hydrogen-bond acceptors (Lipinski definition) is 4. The number of fused-ring (bicyclic) bond motifs is 1. The normalized spacial score (nSPS) is 16.8. The van der Waals surface area contributed by atoms with Crippen LogP contribution in [0.25, 0.3) is 11.0 Å². The summed E-state index contributed by atoms with van der Waals surface area (Å²) in [4.78, 5) is 23.2. The number of carbonyl (C=O) groups is 1. The maximum absolute atomic E-state index is 12.1. The third kappa shape index (κ3) is 3.16. The minimum Gasteiger partial charge on any atom is -0.356 e. The summed E-state index contributed by atoms with van der Waals surface area (Å²) in [7, 11) is 1.99. The number of rotatable bonds is 2. The van der Waals surface area contributed by atoms with Crippen molar-refractivity contribution in [3.8, 4) is 0 Å². The minimum absolute atomic E-state index is 0.128. The van der Waals surface area contributed by atoms with Crippen molar-refractivity contribution in [3.63, 3.8) is 0 Å². The summed E-state index contributed by atoms with van der Waals surface area (Å²) >= 11 is 0. The Bertz CT molecular complexity index is 707. The lowest BCUT2D eigenvalue weighted by molar-refractivity contribution is -0.129. The van der Waals surface area contributed by atoms with Crippen LogP contribution in [0.2, 0.25) is 0 Å². The summed E-state index contributed by atoms with van der Waals surface area (Å²) in [6, 6.07) is 2.32. The van der Waals surface area contributed by atoms with Crippen LogP contribution in [-0.4, -0.2) is 39.6 Å². The first-order valence-corrected chi connectivity index (χ1v) is 8.18. The van der Waals surface area contributed by atoms with Crippen LogP contribution in [0.5, 0.6) is 0 Å². The Balaban J connectivity index is 1.68. The van der Waals surface area contributed by atoms with Crippen LogP contribution in [0, 0.1) is 5.41 Å². The molecule has 1 aliphatic rings. The molecule has 0 unspecified atom stereocenters. The molecule has 0 spiro atoms. The molecule has 0 bridgehead atoms. The summed E-state index contributed by atoms with van der Waals surface area (Å²) in [6.45, 7) is 7.64. The average Bonchev–Trinajstić information content (AvgIpc) is 2.89. The molecule has 1 saturated heterocycles. The van der Waals surface area contributed by atoms with E-state index < -0.39 is 0 Å². The van der Waals surface area contributed by atoms with Gasteiger partial charge in [-0.15, -0.1) is 0 Å². The van der Waals surface area contributed by atoms with Crippen molar-refractivity contribution in [2.45, 2.75) is 39.7 Å². The van der Waals surface area contributed by atoms with Crippen LogP contribution < -0.4 is 10.2 Å². The largest absolute Gasteiger partial charge is 0.356 e. The minimum atomic E-state index is -0.333. The molecule has 1 aliphatic heterocycles. The highest BCUT2D eigenvalue weighted by Crippen LogP contribution is 2.26. The third-order valence-corrected chi connectivity index (χ3v) is 4.45. The van der Waals surface area contributed by atoms with Crippen molar-refractivity contribution in [1.29, 1.82) is 0 Å².